The minimum absolute atomic E-state index is 0.271. The fraction of sp³-hybridized carbons (Fsp3) is 0.364. The van der Waals surface area contributed by atoms with Crippen LogP contribution in [0, 0.1) is 0 Å². The summed E-state index contributed by atoms with van der Waals surface area (Å²) in [7, 11) is 0. The second kappa shape index (κ2) is 10.0. The zero-order valence-corrected chi connectivity index (χ0v) is 17.3. The average Bonchev–Trinajstić information content (AvgIpc) is 2.69. The van der Waals surface area contributed by atoms with Gasteiger partial charge < -0.3 is 4.74 Å². The summed E-state index contributed by atoms with van der Waals surface area (Å²) in [4.78, 5) is 24.0. The van der Waals surface area contributed by atoms with Gasteiger partial charge in [-0.05, 0) is 70.4 Å². The van der Waals surface area contributed by atoms with Crippen LogP contribution in [0.5, 0.6) is 5.75 Å². The highest BCUT2D eigenvalue weighted by Crippen LogP contribution is 2.21. The van der Waals surface area contributed by atoms with E-state index in [4.69, 9.17) is 4.74 Å². The van der Waals surface area contributed by atoms with E-state index in [0.29, 0.717) is 23.0 Å². The molecule has 2 rings (SSSR count). The molecule has 1 aliphatic rings. The predicted molar refractivity (Wildman–Crippen MR) is 109 cm³/mol. The molecular weight excluding hydrogens is 372 g/mol. The van der Waals surface area contributed by atoms with Crippen molar-refractivity contribution in [2.24, 2.45) is 0 Å². The fourth-order valence-corrected chi connectivity index (χ4v) is 2.70. The Morgan fingerprint density at radius 2 is 1.76 bits per heavy atom. The quantitative estimate of drug-likeness (QED) is 0.411. The number of amides is 2. The number of carbonyl (C=O) groups excluding carboxylic acids is 2. The van der Waals surface area contributed by atoms with E-state index in [1.54, 1.807) is 24.3 Å². The first-order chi connectivity index (χ1) is 13.7. The SMILES string of the molecule is CC(C)=CCC/C(C)=C/COc1ccc(/C=C2\C(=O)N(O)[C@H](C)C(=O)N2O)cc1. The number of ether oxygens (including phenoxy) is 1. The van der Waals surface area contributed by atoms with Crippen molar-refractivity contribution in [2.45, 2.75) is 46.6 Å². The molecule has 1 saturated heterocycles. The van der Waals surface area contributed by atoms with Gasteiger partial charge in [-0.15, -0.1) is 0 Å². The van der Waals surface area contributed by atoms with Crippen LogP contribution in [0.4, 0.5) is 0 Å². The normalized spacial score (nSPS) is 19.0. The molecular formula is C22H28N2O5. The third-order valence-electron chi connectivity index (χ3n) is 4.54. The van der Waals surface area contributed by atoms with Gasteiger partial charge in [0.05, 0.1) is 0 Å². The Kier molecular flexibility index (Phi) is 7.75. The Balaban J connectivity index is 1.98. The van der Waals surface area contributed by atoms with Gasteiger partial charge in [0, 0.05) is 0 Å². The van der Waals surface area contributed by atoms with E-state index in [-0.39, 0.29) is 10.8 Å². The number of allylic oxidation sites excluding steroid dienone is 3. The van der Waals surface area contributed by atoms with Crippen LogP contribution < -0.4 is 4.74 Å². The summed E-state index contributed by atoms with van der Waals surface area (Å²) in [6, 6.07) is 5.71. The second-order valence-corrected chi connectivity index (χ2v) is 7.26. The van der Waals surface area contributed by atoms with E-state index in [9.17, 15) is 20.0 Å². The lowest BCUT2D eigenvalue weighted by Crippen LogP contribution is -2.54. The first kappa shape index (κ1) is 22.4. The van der Waals surface area contributed by atoms with Crippen LogP contribution in [-0.4, -0.2) is 45.0 Å². The highest BCUT2D eigenvalue weighted by Gasteiger charge is 2.39. The van der Waals surface area contributed by atoms with E-state index in [0.717, 1.165) is 12.8 Å². The van der Waals surface area contributed by atoms with Gasteiger partial charge in [0.15, 0.2) is 0 Å². The molecule has 1 atom stereocenters. The van der Waals surface area contributed by atoms with Gasteiger partial charge in [-0.2, -0.15) is 5.06 Å². The molecule has 2 N–H and O–H groups in total. The summed E-state index contributed by atoms with van der Waals surface area (Å²) in [6.45, 7) is 8.02. The van der Waals surface area contributed by atoms with Gasteiger partial charge in [0.25, 0.3) is 11.8 Å². The number of hydrogen-bond donors (Lipinski definition) is 2. The predicted octanol–water partition coefficient (Wildman–Crippen LogP) is 3.94. The topological polar surface area (TPSA) is 90.3 Å². The molecule has 0 saturated carbocycles. The lowest BCUT2D eigenvalue weighted by Gasteiger charge is -2.32. The maximum atomic E-state index is 12.1. The van der Waals surface area contributed by atoms with Crippen LogP contribution in [-0.2, 0) is 9.59 Å². The third kappa shape index (κ3) is 6.04. The minimum atomic E-state index is -1.14. The van der Waals surface area contributed by atoms with Crippen molar-refractivity contribution in [3.8, 4) is 5.75 Å². The molecule has 0 bridgehead atoms. The Bertz CT molecular complexity index is 835. The first-order valence-corrected chi connectivity index (χ1v) is 9.49. The van der Waals surface area contributed by atoms with Crippen LogP contribution in [0.1, 0.15) is 46.1 Å². The van der Waals surface area contributed by atoms with Crippen LogP contribution in [0.2, 0.25) is 0 Å². The molecule has 7 nitrogen and oxygen atoms in total. The van der Waals surface area contributed by atoms with Gasteiger partial charge >= 0.3 is 0 Å². The van der Waals surface area contributed by atoms with Crippen molar-refractivity contribution in [1.82, 2.24) is 10.1 Å². The fourth-order valence-electron chi connectivity index (χ4n) is 2.70. The summed E-state index contributed by atoms with van der Waals surface area (Å²) in [5, 5.41) is 20.2. The zero-order valence-electron chi connectivity index (χ0n) is 17.3. The maximum Gasteiger partial charge on any atom is 0.297 e. The molecule has 1 heterocycles. The van der Waals surface area contributed by atoms with Gasteiger partial charge in [-0.3, -0.25) is 20.0 Å². The molecule has 1 fully saturated rings. The van der Waals surface area contributed by atoms with Crippen molar-refractivity contribution in [1.29, 1.82) is 0 Å². The van der Waals surface area contributed by atoms with Gasteiger partial charge in [0.2, 0.25) is 0 Å². The number of benzene rings is 1. The van der Waals surface area contributed by atoms with Crippen molar-refractivity contribution < 1.29 is 24.7 Å². The molecule has 0 aromatic heterocycles. The molecule has 7 heteroatoms. The van der Waals surface area contributed by atoms with E-state index < -0.39 is 17.9 Å². The van der Waals surface area contributed by atoms with Crippen LogP contribution in [0.3, 0.4) is 0 Å². The summed E-state index contributed by atoms with van der Waals surface area (Å²) in [5.74, 6) is -0.983. The van der Waals surface area contributed by atoms with Crippen molar-refractivity contribution in [3.63, 3.8) is 0 Å². The first-order valence-electron chi connectivity index (χ1n) is 9.49. The van der Waals surface area contributed by atoms with E-state index in [1.807, 2.05) is 6.08 Å². The highest BCUT2D eigenvalue weighted by molar-refractivity contribution is 6.05. The number of piperazine rings is 1. The highest BCUT2D eigenvalue weighted by atomic mass is 16.5. The van der Waals surface area contributed by atoms with Crippen LogP contribution in [0.25, 0.3) is 6.08 Å². The number of nitrogens with zero attached hydrogens (tertiary/aromatic N) is 2. The summed E-state index contributed by atoms with van der Waals surface area (Å²) >= 11 is 0. The number of hydrogen-bond acceptors (Lipinski definition) is 5. The summed E-state index contributed by atoms with van der Waals surface area (Å²) in [5.41, 5.74) is 2.83. The second-order valence-electron chi connectivity index (χ2n) is 7.26. The number of carbonyl (C=O) groups is 2. The molecule has 29 heavy (non-hydrogen) atoms. The molecule has 0 spiro atoms. The average molecular weight is 400 g/mol. The third-order valence-corrected chi connectivity index (χ3v) is 4.54. The van der Waals surface area contributed by atoms with Crippen molar-refractivity contribution >= 4 is 17.9 Å². The minimum Gasteiger partial charge on any atom is -0.490 e. The largest absolute Gasteiger partial charge is 0.490 e. The Morgan fingerprint density at radius 3 is 2.38 bits per heavy atom. The molecule has 0 radical (unpaired) electrons. The smallest absolute Gasteiger partial charge is 0.297 e. The van der Waals surface area contributed by atoms with Gasteiger partial charge in [0.1, 0.15) is 24.1 Å². The number of hydroxylamine groups is 4. The Hall–Kier alpha value is -2.90. The maximum absolute atomic E-state index is 12.1. The molecule has 1 aromatic rings. The monoisotopic (exact) mass is 400 g/mol. The van der Waals surface area contributed by atoms with Crippen molar-refractivity contribution in [2.75, 3.05) is 6.61 Å². The molecule has 1 aliphatic heterocycles. The van der Waals surface area contributed by atoms with E-state index in [1.165, 1.54) is 24.1 Å². The Morgan fingerprint density at radius 1 is 1.10 bits per heavy atom. The van der Waals surface area contributed by atoms with E-state index in [2.05, 4.69) is 26.8 Å². The van der Waals surface area contributed by atoms with Crippen LogP contribution >= 0.6 is 0 Å². The molecule has 0 unspecified atom stereocenters. The standard InChI is InChI=1S/C22H28N2O5/c1-15(2)6-5-7-16(3)12-13-29-19-10-8-18(9-11-19)14-20-22(26)23(27)17(4)21(25)24(20)28/h6,8-12,14,17,27-28H,5,7,13H2,1-4H3/b16-12+,20-14+/t17-/m1/s1. The molecule has 2 amide bonds. The summed E-state index contributed by atoms with van der Waals surface area (Å²) in [6.07, 6.45) is 7.58. The van der Waals surface area contributed by atoms with E-state index >= 15 is 0 Å². The molecule has 156 valence electrons. The zero-order chi connectivity index (χ0) is 21.6. The van der Waals surface area contributed by atoms with Gasteiger partial charge in [-0.1, -0.05) is 29.4 Å². The molecule has 0 aliphatic carbocycles. The number of rotatable bonds is 7. The van der Waals surface area contributed by atoms with Crippen molar-refractivity contribution in [3.05, 3.63) is 58.8 Å². The summed E-state index contributed by atoms with van der Waals surface area (Å²) < 4.78 is 5.70. The van der Waals surface area contributed by atoms with Crippen LogP contribution in [0.15, 0.2) is 53.3 Å². The van der Waals surface area contributed by atoms with Gasteiger partial charge in [-0.25, -0.2) is 5.06 Å². The molecule has 1 aromatic carbocycles. The lowest BCUT2D eigenvalue weighted by molar-refractivity contribution is -0.205. The lowest BCUT2D eigenvalue weighted by atomic mass is 10.1. The Labute approximate surface area is 171 Å².